The number of carbonyl (C=O) groups excluding carboxylic acids is 3. The first-order valence-electron chi connectivity index (χ1n) is 7.73. The van der Waals surface area contributed by atoms with E-state index in [1.807, 2.05) is 6.07 Å². The summed E-state index contributed by atoms with van der Waals surface area (Å²) in [6.45, 7) is 1.29. The van der Waals surface area contributed by atoms with E-state index in [1.165, 1.54) is 6.92 Å². The molecule has 2 N–H and O–H groups in total. The number of hydrogen-bond acceptors (Lipinski definition) is 5. The van der Waals surface area contributed by atoms with E-state index in [-0.39, 0.29) is 5.91 Å². The van der Waals surface area contributed by atoms with Gasteiger partial charge in [0.05, 0.1) is 12.1 Å². The lowest BCUT2D eigenvalue weighted by Crippen LogP contribution is -2.31. The number of fused-ring (bicyclic) bond motifs is 1. The number of carbonyl (C=O) groups is 3. The molecule has 3 rings (SSSR count). The third kappa shape index (κ3) is 3.95. The molecule has 7 heteroatoms. The molecule has 1 heterocycles. The molecule has 0 aliphatic carbocycles. The van der Waals surface area contributed by atoms with Crippen LogP contribution >= 0.6 is 0 Å². The van der Waals surface area contributed by atoms with Crippen molar-refractivity contribution < 1.29 is 14.4 Å². The summed E-state index contributed by atoms with van der Waals surface area (Å²) in [5.41, 5.74) is 2.59. The van der Waals surface area contributed by atoms with E-state index in [0.717, 1.165) is 5.56 Å². The number of para-hydroxylation sites is 1. The minimum absolute atomic E-state index is 0.0760. The molecule has 2 aromatic carbocycles. The third-order valence-electron chi connectivity index (χ3n) is 3.68. The van der Waals surface area contributed by atoms with Gasteiger partial charge in [-0.05, 0) is 36.8 Å². The van der Waals surface area contributed by atoms with E-state index in [1.54, 1.807) is 42.5 Å². The molecule has 0 radical (unpaired) electrons. The van der Waals surface area contributed by atoms with Crippen molar-refractivity contribution in [1.82, 2.24) is 0 Å². The van der Waals surface area contributed by atoms with Crippen LogP contribution in [0.25, 0.3) is 0 Å². The van der Waals surface area contributed by atoms with Gasteiger partial charge in [0.1, 0.15) is 0 Å². The zero-order chi connectivity index (χ0) is 17.8. The SMILES string of the molecule is CC(=O)C(N=Nc1ccc2c(c1)NC(=O)C2)C(=O)Nc1ccccc1. The highest BCUT2D eigenvalue weighted by Gasteiger charge is 2.23. The normalized spacial score (nSPS) is 14.0. The Hall–Kier alpha value is -3.35. The highest BCUT2D eigenvalue weighted by atomic mass is 16.2. The largest absolute Gasteiger partial charge is 0.325 e. The Bertz CT molecular complexity index is 862. The first-order chi connectivity index (χ1) is 12.0. The second-order valence-corrected chi connectivity index (χ2v) is 5.65. The lowest BCUT2D eigenvalue weighted by Gasteiger charge is -2.09. The van der Waals surface area contributed by atoms with Gasteiger partial charge in [-0.3, -0.25) is 14.4 Å². The van der Waals surface area contributed by atoms with Gasteiger partial charge in [-0.25, -0.2) is 0 Å². The minimum atomic E-state index is -1.23. The molecule has 25 heavy (non-hydrogen) atoms. The fraction of sp³-hybridized carbons (Fsp3) is 0.167. The lowest BCUT2D eigenvalue weighted by atomic mass is 10.1. The fourth-order valence-electron chi connectivity index (χ4n) is 2.44. The molecule has 0 bridgehead atoms. The van der Waals surface area contributed by atoms with Gasteiger partial charge < -0.3 is 10.6 Å². The smallest absolute Gasteiger partial charge is 0.258 e. The van der Waals surface area contributed by atoms with Crippen LogP contribution in [0.4, 0.5) is 17.1 Å². The maximum atomic E-state index is 12.3. The van der Waals surface area contributed by atoms with Gasteiger partial charge in [-0.15, -0.1) is 0 Å². The van der Waals surface area contributed by atoms with Gasteiger partial charge in [0.2, 0.25) is 11.9 Å². The van der Waals surface area contributed by atoms with Gasteiger partial charge in [0.25, 0.3) is 5.91 Å². The second kappa shape index (κ2) is 7.04. The summed E-state index contributed by atoms with van der Waals surface area (Å²) in [5.74, 6) is -1.03. The van der Waals surface area contributed by atoms with Crippen LogP contribution in [0.5, 0.6) is 0 Å². The first-order valence-corrected chi connectivity index (χ1v) is 7.73. The lowest BCUT2D eigenvalue weighted by molar-refractivity contribution is -0.126. The Balaban J connectivity index is 1.74. The van der Waals surface area contributed by atoms with Gasteiger partial charge >= 0.3 is 0 Å². The number of hydrogen-bond donors (Lipinski definition) is 2. The molecule has 1 unspecified atom stereocenters. The number of azo groups is 1. The maximum absolute atomic E-state index is 12.3. The highest BCUT2D eigenvalue weighted by molar-refractivity contribution is 6.10. The van der Waals surface area contributed by atoms with Crippen molar-refractivity contribution in [1.29, 1.82) is 0 Å². The van der Waals surface area contributed by atoms with Crippen LogP contribution in [0.3, 0.4) is 0 Å². The summed E-state index contributed by atoms with van der Waals surface area (Å²) in [7, 11) is 0. The van der Waals surface area contributed by atoms with Crippen LogP contribution in [0, 0.1) is 0 Å². The van der Waals surface area contributed by atoms with Crippen molar-refractivity contribution in [3.05, 3.63) is 54.1 Å². The van der Waals surface area contributed by atoms with E-state index in [0.29, 0.717) is 23.5 Å². The van der Waals surface area contributed by atoms with E-state index in [4.69, 9.17) is 0 Å². The number of rotatable bonds is 5. The fourth-order valence-corrected chi connectivity index (χ4v) is 2.44. The van der Waals surface area contributed by atoms with Crippen molar-refractivity contribution in [2.24, 2.45) is 10.2 Å². The molecular weight excluding hydrogens is 320 g/mol. The Morgan fingerprint density at radius 1 is 1.16 bits per heavy atom. The molecule has 2 aromatic rings. The van der Waals surface area contributed by atoms with Crippen molar-refractivity contribution in [2.75, 3.05) is 10.6 Å². The average Bonchev–Trinajstić information content (AvgIpc) is 2.95. The number of amides is 2. The summed E-state index contributed by atoms with van der Waals surface area (Å²) in [6.07, 6.45) is 0.336. The Kier molecular flexibility index (Phi) is 4.65. The summed E-state index contributed by atoms with van der Waals surface area (Å²) >= 11 is 0. The zero-order valence-corrected chi connectivity index (χ0v) is 13.5. The Labute approximate surface area is 144 Å². The minimum Gasteiger partial charge on any atom is -0.325 e. The van der Waals surface area contributed by atoms with Crippen LogP contribution in [-0.2, 0) is 20.8 Å². The summed E-state index contributed by atoms with van der Waals surface area (Å²) in [4.78, 5) is 35.4. The molecule has 7 nitrogen and oxygen atoms in total. The van der Waals surface area contributed by atoms with Crippen molar-refractivity contribution in [3.63, 3.8) is 0 Å². The standard InChI is InChI=1S/C18H16N4O3/c1-11(23)17(18(25)19-13-5-3-2-4-6-13)22-21-14-8-7-12-9-16(24)20-15(12)10-14/h2-8,10,17H,9H2,1H3,(H,19,25)(H,20,24). The Morgan fingerprint density at radius 3 is 2.64 bits per heavy atom. The van der Waals surface area contributed by atoms with E-state index in [2.05, 4.69) is 20.9 Å². The third-order valence-corrected chi connectivity index (χ3v) is 3.68. The molecule has 0 fully saturated rings. The maximum Gasteiger partial charge on any atom is 0.258 e. The topological polar surface area (TPSA) is 100.0 Å². The van der Waals surface area contributed by atoms with Crippen LogP contribution in [0.2, 0.25) is 0 Å². The second-order valence-electron chi connectivity index (χ2n) is 5.65. The van der Waals surface area contributed by atoms with Gasteiger partial charge in [-0.2, -0.15) is 10.2 Å². The van der Waals surface area contributed by atoms with E-state index in [9.17, 15) is 14.4 Å². The molecule has 0 saturated carbocycles. The first kappa shape index (κ1) is 16.5. The van der Waals surface area contributed by atoms with E-state index < -0.39 is 17.7 Å². The predicted molar refractivity (Wildman–Crippen MR) is 92.8 cm³/mol. The monoisotopic (exact) mass is 336 g/mol. The number of Topliss-reactive ketones (excluding diaryl/α,β-unsaturated/α-hetero) is 1. The van der Waals surface area contributed by atoms with Crippen LogP contribution < -0.4 is 10.6 Å². The molecule has 126 valence electrons. The molecule has 0 spiro atoms. The molecule has 1 aliphatic rings. The van der Waals surface area contributed by atoms with Crippen LogP contribution in [0.1, 0.15) is 12.5 Å². The van der Waals surface area contributed by atoms with Gasteiger partial charge in [-0.1, -0.05) is 24.3 Å². The highest BCUT2D eigenvalue weighted by Crippen LogP contribution is 2.28. The number of anilines is 2. The van der Waals surface area contributed by atoms with Gasteiger partial charge in [0, 0.05) is 11.4 Å². The molecule has 1 atom stereocenters. The van der Waals surface area contributed by atoms with Crippen LogP contribution in [0.15, 0.2) is 58.8 Å². The van der Waals surface area contributed by atoms with Crippen molar-refractivity contribution >= 4 is 34.7 Å². The number of nitrogens with zero attached hydrogens (tertiary/aromatic N) is 2. The number of benzene rings is 2. The number of ketones is 1. The average molecular weight is 336 g/mol. The summed E-state index contributed by atoms with van der Waals surface area (Å²) < 4.78 is 0. The van der Waals surface area contributed by atoms with Crippen molar-refractivity contribution in [3.8, 4) is 0 Å². The predicted octanol–water partition coefficient (Wildman–Crippen LogP) is 2.86. The Morgan fingerprint density at radius 2 is 1.92 bits per heavy atom. The van der Waals surface area contributed by atoms with Crippen LogP contribution in [-0.4, -0.2) is 23.6 Å². The van der Waals surface area contributed by atoms with E-state index >= 15 is 0 Å². The molecule has 0 aromatic heterocycles. The number of nitrogens with one attached hydrogen (secondary N) is 2. The summed E-state index contributed by atoms with van der Waals surface area (Å²) in [6, 6.07) is 12.7. The molecule has 0 saturated heterocycles. The molecule has 2 amide bonds. The zero-order valence-electron chi connectivity index (χ0n) is 13.5. The summed E-state index contributed by atoms with van der Waals surface area (Å²) in [5, 5.41) is 13.2. The van der Waals surface area contributed by atoms with Crippen molar-refractivity contribution in [2.45, 2.75) is 19.4 Å². The quantitative estimate of drug-likeness (QED) is 0.648. The molecular formula is C18H16N4O3. The molecule has 1 aliphatic heterocycles. The van der Waals surface area contributed by atoms with Gasteiger partial charge in [0.15, 0.2) is 5.78 Å².